The summed E-state index contributed by atoms with van der Waals surface area (Å²) in [6.07, 6.45) is 1.20. The van der Waals surface area contributed by atoms with Gasteiger partial charge in [0.2, 0.25) is 20.9 Å². The summed E-state index contributed by atoms with van der Waals surface area (Å²) in [5.74, 6) is -0.124. The van der Waals surface area contributed by atoms with Crippen LogP contribution in [0.3, 0.4) is 0 Å². The quantitative estimate of drug-likeness (QED) is 0.474. The molecule has 0 heterocycles. The molecule has 0 rings (SSSR count). The number of hydrogen-bond acceptors (Lipinski definition) is 5. The zero-order valence-corrected chi connectivity index (χ0v) is 10.9. The Hall–Kier alpha value is -0.180. The van der Waals surface area contributed by atoms with Crippen molar-refractivity contribution in [3.8, 4) is 0 Å². The summed E-state index contributed by atoms with van der Waals surface area (Å²) in [6, 6.07) is 0. The molecular weight excluding hydrogens is 240 g/mol. The number of sulfonamides is 1. The maximum absolute atomic E-state index is 11.3. The minimum absolute atomic E-state index is 0.124. The summed E-state index contributed by atoms with van der Waals surface area (Å²) in [6.45, 7) is 0.794. The average Bonchev–Trinajstić information content (AvgIpc) is 2.10. The molecule has 6 nitrogen and oxygen atoms in total. The number of rotatable bonds is 7. The summed E-state index contributed by atoms with van der Waals surface area (Å²) in [4.78, 5) is 1.95. The third-order valence-electron chi connectivity index (χ3n) is 1.89. The first-order chi connectivity index (χ1) is 6.77. The lowest BCUT2D eigenvalue weighted by atomic mass is 10.3. The van der Waals surface area contributed by atoms with E-state index in [0.29, 0.717) is 10.1 Å². The molecule has 0 radical (unpaired) electrons. The SMILES string of the molecule is CN(C)CCCCS(=O)(=O)N(C)[SH](=O)=O. The Morgan fingerprint density at radius 1 is 1.07 bits per heavy atom. The molecule has 0 amide bonds. The van der Waals surface area contributed by atoms with Crippen LogP contribution in [0.15, 0.2) is 0 Å². The van der Waals surface area contributed by atoms with E-state index in [-0.39, 0.29) is 5.75 Å². The highest BCUT2D eigenvalue weighted by atomic mass is 32.3. The molecule has 15 heavy (non-hydrogen) atoms. The van der Waals surface area contributed by atoms with Gasteiger partial charge in [-0.15, -0.1) is 3.71 Å². The zero-order valence-electron chi connectivity index (χ0n) is 9.21. The van der Waals surface area contributed by atoms with Gasteiger partial charge >= 0.3 is 0 Å². The van der Waals surface area contributed by atoms with E-state index in [1.54, 1.807) is 0 Å². The van der Waals surface area contributed by atoms with Crippen molar-refractivity contribution in [3.05, 3.63) is 0 Å². The number of hydrogen-bond donors (Lipinski definition) is 1. The Bertz CT molecular complexity index is 340. The second-order valence-electron chi connectivity index (χ2n) is 3.50. The first kappa shape index (κ1) is 14.8. The number of unbranched alkanes of at least 4 members (excludes halogenated alkanes) is 1. The summed E-state index contributed by atoms with van der Waals surface area (Å²) < 4.78 is 44.0. The Balaban J connectivity index is 4.06. The smallest absolute Gasteiger partial charge is 0.226 e. The lowest BCUT2D eigenvalue weighted by Crippen LogP contribution is -2.28. The Kier molecular flexibility index (Phi) is 6.34. The third kappa shape index (κ3) is 6.08. The van der Waals surface area contributed by atoms with E-state index in [0.717, 1.165) is 20.0 Å². The van der Waals surface area contributed by atoms with Crippen molar-refractivity contribution in [1.29, 1.82) is 0 Å². The van der Waals surface area contributed by atoms with E-state index in [2.05, 4.69) is 0 Å². The molecule has 0 saturated heterocycles. The minimum Gasteiger partial charge on any atom is -0.309 e. The lowest BCUT2D eigenvalue weighted by Gasteiger charge is -2.11. The zero-order chi connectivity index (χ0) is 12.1. The van der Waals surface area contributed by atoms with Gasteiger partial charge in [0.25, 0.3) is 0 Å². The minimum atomic E-state index is -3.64. The number of nitrogens with zero attached hydrogens (tertiary/aromatic N) is 2. The highest BCUT2D eigenvalue weighted by Gasteiger charge is 2.18. The van der Waals surface area contributed by atoms with Crippen LogP contribution in [-0.2, 0) is 20.9 Å². The summed E-state index contributed by atoms with van der Waals surface area (Å²) in [5.41, 5.74) is 0. The first-order valence-electron chi connectivity index (χ1n) is 4.53. The fourth-order valence-electron chi connectivity index (χ4n) is 0.946. The molecule has 0 atom stereocenters. The van der Waals surface area contributed by atoms with Crippen molar-refractivity contribution in [3.63, 3.8) is 0 Å². The molecule has 8 heteroatoms. The van der Waals surface area contributed by atoms with Crippen LogP contribution in [0.4, 0.5) is 0 Å². The van der Waals surface area contributed by atoms with Crippen molar-refractivity contribution in [2.45, 2.75) is 12.8 Å². The molecule has 0 bridgehead atoms. The van der Waals surface area contributed by atoms with Crippen molar-refractivity contribution in [2.75, 3.05) is 33.4 Å². The molecule has 0 unspecified atom stereocenters. The fraction of sp³-hybridized carbons (Fsp3) is 1.00. The van der Waals surface area contributed by atoms with Gasteiger partial charge < -0.3 is 4.90 Å². The van der Waals surface area contributed by atoms with Gasteiger partial charge in [-0.1, -0.05) is 0 Å². The van der Waals surface area contributed by atoms with E-state index >= 15 is 0 Å². The molecular formula is C7H18N2O4S2. The van der Waals surface area contributed by atoms with E-state index < -0.39 is 20.9 Å². The van der Waals surface area contributed by atoms with Gasteiger partial charge in [-0.2, -0.15) is 0 Å². The van der Waals surface area contributed by atoms with Crippen molar-refractivity contribution in [1.82, 2.24) is 8.61 Å². The summed E-state index contributed by atoms with van der Waals surface area (Å²) >= 11 is 0. The van der Waals surface area contributed by atoms with Gasteiger partial charge in [-0.3, -0.25) is 0 Å². The van der Waals surface area contributed by atoms with E-state index in [1.165, 1.54) is 0 Å². The lowest BCUT2D eigenvalue weighted by molar-refractivity contribution is 0.397. The predicted molar refractivity (Wildman–Crippen MR) is 59.7 cm³/mol. The maximum Gasteiger partial charge on any atom is 0.226 e. The maximum atomic E-state index is 11.3. The second kappa shape index (κ2) is 6.41. The highest BCUT2D eigenvalue weighted by molar-refractivity contribution is 7.97. The Labute approximate surface area is 93.0 Å². The van der Waals surface area contributed by atoms with Crippen LogP contribution >= 0.6 is 0 Å². The fourth-order valence-corrected chi connectivity index (χ4v) is 2.84. The van der Waals surface area contributed by atoms with Crippen molar-refractivity contribution >= 4 is 20.9 Å². The molecule has 0 aliphatic rings. The van der Waals surface area contributed by atoms with E-state index in [1.807, 2.05) is 19.0 Å². The number of thiol groups is 1. The standard InChI is InChI=1S/C7H18N2O4S2/c1-8(2)6-4-5-7-15(12,13)9(3)14(10)11/h14H,4-7H2,1-3H3. The molecule has 0 aromatic carbocycles. The topological polar surface area (TPSA) is 74.8 Å². The average molecular weight is 258 g/mol. The molecule has 0 aromatic rings. The predicted octanol–water partition coefficient (Wildman–Crippen LogP) is -0.884. The third-order valence-corrected chi connectivity index (χ3v) is 5.11. The van der Waals surface area contributed by atoms with Crippen LogP contribution in [-0.4, -0.2) is 58.9 Å². The van der Waals surface area contributed by atoms with Crippen LogP contribution in [0.25, 0.3) is 0 Å². The van der Waals surface area contributed by atoms with Gasteiger partial charge in [0, 0.05) is 7.05 Å². The summed E-state index contributed by atoms with van der Waals surface area (Å²) in [5, 5.41) is 0. The molecule has 92 valence electrons. The van der Waals surface area contributed by atoms with E-state index in [4.69, 9.17) is 0 Å². The van der Waals surface area contributed by atoms with Gasteiger partial charge in [0.15, 0.2) is 0 Å². The van der Waals surface area contributed by atoms with E-state index in [9.17, 15) is 16.8 Å². The summed E-state index contributed by atoms with van der Waals surface area (Å²) in [7, 11) is -1.84. The molecule has 0 aliphatic carbocycles. The van der Waals surface area contributed by atoms with Gasteiger partial charge in [0.1, 0.15) is 0 Å². The van der Waals surface area contributed by atoms with Gasteiger partial charge in [-0.05, 0) is 33.5 Å². The molecule has 0 aliphatic heterocycles. The van der Waals surface area contributed by atoms with Gasteiger partial charge in [-0.25, -0.2) is 16.8 Å². The van der Waals surface area contributed by atoms with Crippen molar-refractivity contribution < 1.29 is 16.8 Å². The van der Waals surface area contributed by atoms with Crippen molar-refractivity contribution in [2.24, 2.45) is 0 Å². The normalized spacial score (nSPS) is 12.9. The van der Waals surface area contributed by atoms with Crippen LogP contribution in [0.2, 0.25) is 0 Å². The van der Waals surface area contributed by atoms with Gasteiger partial charge in [0.05, 0.1) is 5.75 Å². The van der Waals surface area contributed by atoms with Crippen LogP contribution in [0.1, 0.15) is 12.8 Å². The van der Waals surface area contributed by atoms with Crippen LogP contribution in [0.5, 0.6) is 0 Å². The Morgan fingerprint density at radius 3 is 2.00 bits per heavy atom. The first-order valence-corrected chi connectivity index (χ1v) is 7.27. The second-order valence-corrected chi connectivity index (χ2v) is 6.96. The van der Waals surface area contributed by atoms with Crippen LogP contribution < -0.4 is 0 Å². The molecule has 0 fully saturated rings. The highest BCUT2D eigenvalue weighted by Crippen LogP contribution is 2.02. The Morgan fingerprint density at radius 2 is 1.60 bits per heavy atom. The molecule has 0 saturated carbocycles. The molecule has 0 N–H and O–H groups in total. The monoisotopic (exact) mass is 258 g/mol. The molecule has 0 spiro atoms. The largest absolute Gasteiger partial charge is 0.309 e. The molecule has 0 aromatic heterocycles. The van der Waals surface area contributed by atoms with Crippen LogP contribution in [0, 0.1) is 0 Å².